The van der Waals surface area contributed by atoms with Gasteiger partial charge in [-0.15, -0.1) is 0 Å². The van der Waals surface area contributed by atoms with E-state index in [0.29, 0.717) is 23.4 Å². The fraction of sp³-hybridized carbons (Fsp3) is 0.625. The number of nitrogens with zero attached hydrogens (tertiary/aromatic N) is 1. The molecule has 2 heterocycles. The first kappa shape index (κ1) is 32.6. The van der Waals surface area contributed by atoms with Crippen LogP contribution in [0, 0.1) is 11.8 Å². The van der Waals surface area contributed by atoms with Crippen molar-refractivity contribution in [3.8, 4) is 5.75 Å². The third-order valence-electron chi connectivity index (χ3n) is 6.96. The molecule has 0 aromatic heterocycles. The molecule has 1 N–H and O–H groups in total. The zero-order valence-corrected chi connectivity index (χ0v) is 26.3. The predicted octanol–water partition coefficient (Wildman–Crippen LogP) is 6.48. The van der Waals surface area contributed by atoms with Gasteiger partial charge in [-0.05, 0) is 65.5 Å². The lowest BCUT2D eigenvalue weighted by Gasteiger charge is -2.33. The number of aliphatic hydroxyl groups excluding tert-OH is 1. The second-order valence-electron chi connectivity index (χ2n) is 13.0. The summed E-state index contributed by atoms with van der Waals surface area (Å²) in [6.45, 7) is 18.3. The van der Waals surface area contributed by atoms with Gasteiger partial charge in [-0.2, -0.15) is 0 Å². The summed E-state index contributed by atoms with van der Waals surface area (Å²) < 4.78 is 29.5. The van der Waals surface area contributed by atoms with Crippen molar-refractivity contribution in [3.63, 3.8) is 0 Å². The zero-order valence-electron chi connectivity index (χ0n) is 26.3. The van der Waals surface area contributed by atoms with Crippen molar-refractivity contribution < 1.29 is 38.4 Å². The molecule has 228 valence electrons. The van der Waals surface area contributed by atoms with E-state index in [1.807, 2.05) is 39.0 Å². The highest BCUT2D eigenvalue weighted by molar-refractivity contribution is 5.99. The molecule has 2 aliphatic rings. The molecule has 9 nitrogen and oxygen atoms in total. The molecule has 0 aliphatic carbocycles. The quantitative estimate of drug-likeness (QED) is 0.279. The molecule has 1 amide bonds. The topological polar surface area (TPSA) is 104 Å². The van der Waals surface area contributed by atoms with Crippen molar-refractivity contribution in [2.24, 2.45) is 11.8 Å². The first-order valence-electron chi connectivity index (χ1n) is 14.2. The van der Waals surface area contributed by atoms with Crippen molar-refractivity contribution in [3.05, 3.63) is 41.5 Å². The molecular formula is C32H47NO8. The van der Waals surface area contributed by atoms with Crippen LogP contribution in [0.3, 0.4) is 0 Å². The van der Waals surface area contributed by atoms with Crippen LogP contribution in [0.4, 0.5) is 10.5 Å². The molecule has 1 saturated heterocycles. The summed E-state index contributed by atoms with van der Waals surface area (Å²) in [6.07, 6.45) is 6.90. The molecular weight excluding hydrogens is 526 g/mol. The van der Waals surface area contributed by atoms with Gasteiger partial charge in [0.1, 0.15) is 16.9 Å². The van der Waals surface area contributed by atoms with Gasteiger partial charge in [0, 0.05) is 32.9 Å². The SMILES string of the molecule is C[C@H](O)[C@H](C)/C=C\[C@@H](C)[C@@H]1OC(C)(C)O[C@H]1C/C=C/c1cc(N(C)C(=O)OC(C)(C)C)cc2c1C(=O)OC(C)(C)O2. The van der Waals surface area contributed by atoms with Crippen LogP contribution < -0.4 is 9.64 Å². The standard InChI is InChI=1S/C32H47NO8/c1-19(21(3)34)15-16-20(2)27-24(37-31(7,8)39-27)14-12-13-22-17-23(33(11)29(36)41-30(4,5)6)18-25-26(22)28(35)40-32(9,10)38-25/h12-13,15-21,24,27,34H,14H2,1-11H3/b13-12+,16-15-/t19-,20-,21+,24+,27+/m1/s1. The number of cyclic esters (lactones) is 1. The Bertz CT molecular complexity index is 1180. The van der Waals surface area contributed by atoms with Crippen molar-refractivity contribution in [1.82, 2.24) is 0 Å². The highest BCUT2D eigenvalue weighted by Gasteiger charge is 2.42. The Balaban J connectivity index is 1.90. The van der Waals surface area contributed by atoms with Crippen molar-refractivity contribution in [2.45, 2.75) is 111 Å². The third kappa shape index (κ3) is 8.56. The second-order valence-corrected chi connectivity index (χ2v) is 13.0. The lowest BCUT2D eigenvalue weighted by Crippen LogP contribution is -2.39. The molecule has 41 heavy (non-hydrogen) atoms. The largest absolute Gasteiger partial charge is 0.452 e. The van der Waals surface area contributed by atoms with Crippen LogP contribution in [-0.2, 0) is 18.9 Å². The molecule has 0 unspecified atom stereocenters. The van der Waals surface area contributed by atoms with E-state index in [0.717, 1.165) is 0 Å². The van der Waals surface area contributed by atoms with Crippen LogP contribution in [0.25, 0.3) is 6.08 Å². The number of esters is 1. The number of anilines is 1. The molecule has 0 radical (unpaired) electrons. The number of hydrogen-bond donors (Lipinski definition) is 1. The Morgan fingerprint density at radius 3 is 2.34 bits per heavy atom. The van der Waals surface area contributed by atoms with Gasteiger partial charge in [-0.1, -0.05) is 38.2 Å². The van der Waals surface area contributed by atoms with Crippen LogP contribution in [0.5, 0.6) is 5.75 Å². The molecule has 9 heteroatoms. The maximum atomic E-state index is 13.0. The summed E-state index contributed by atoms with van der Waals surface area (Å²) in [5.41, 5.74) is 0.667. The molecule has 0 bridgehead atoms. The number of ether oxygens (including phenoxy) is 5. The summed E-state index contributed by atoms with van der Waals surface area (Å²) in [7, 11) is 1.61. The van der Waals surface area contributed by atoms with E-state index in [4.69, 9.17) is 23.7 Å². The Hall–Kier alpha value is -2.88. The molecule has 3 rings (SSSR count). The van der Waals surface area contributed by atoms with Gasteiger partial charge in [0.2, 0.25) is 5.79 Å². The zero-order chi connectivity index (χ0) is 30.9. The average molecular weight is 574 g/mol. The van der Waals surface area contributed by atoms with E-state index in [2.05, 4.69) is 13.0 Å². The molecule has 1 fully saturated rings. The van der Waals surface area contributed by atoms with Gasteiger partial charge in [-0.25, -0.2) is 9.59 Å². The maximum Gasteiger partial charge on any atom is 0.414 e. The van der Waals surface area contributed by atoms with Crippen molar-refractivity contribution in [1.29, 1.82) is 0 Å². The summed E-state index contributed by atoms with van der Waals surface area (Å²) in [6, 6.07) is 3.38. The fourth-order valence-corrected chi connectivity index (χ4v) is 4.68. The molecule has 5 atom stereocenters. The highest BCUT2D eigenvalue weighted by Crippen LogP contribution is 2.39. The predicted molar refractivity (Wildman–Crippen MR) is 158 cm³/mol. The van der Waals surface area contributed by atoms with E-state index in [1.165, 1.54) is 4.90 Å². The van der Waals surface area contributed by atoms with Gasteiger partial charge in [-0.3, -0.25) is 4.90 Å². The number of hydrogen-bond acceptors (Lipinski definition) is 8. The van der Waals surface area contributed by atoms with Gasteiger partial charge in [0.05, 0.1) is 24.0 Å². The summed E-state index contributed by atoms with van der Waals surface area (Å²) in [4.78, 5) is 27.2. The van der Waals surface area contributed by atoms with Crippen LogP contribution >= 0.6 is 0 Å². The third-order valence-corrected chi connectivity index (χ3v) is 6.96. The molecule has 1 aromatic rings. The molecule has 0 spiro atoms. The van der Waals surface area contributed by atoms with E-state index >= 15 is 0 Å². The maximum absolute atomic E-state index is 13.0. The van der Waals surface area contributed by atoms with Gasteiger partial charge >= 0.3 is 12.1 Å². The number of fused-ring (bicyclic) bond motifs is 1. The van der Waals surface area contributed by atoms with Crippen LogP contribution in [0.15, 0.2) is 30.4 Å². The number of benzene rings is 1. The molecule has 0 saturated carbocycles. The lowest BCUT2D eigenvalue weighted by atomic mass is 9.94. The van der Waals surface area contributed by atoms with Crippen LogP contribution in [0.2, 0.25) is 0 Å². The smallest absolute Gasteiger partial charge is 0.414 e. The van der Waals surface area contributed by atoms with Crippen LogP contribution in [-0.4, -0.2) is 59.7 Å². The minimum Gasteiger partial charge on any atom is -0.452 e. The Morgan fingerprint density at radius 1 is 1.07 bits per heavy atom. The number of amides is 1. The normalized spacial score (nSPS) is 24.0. The Kier molecular flexibility index (Phi) is 9.67. The Labute approximate surface area is 244 Å². The van der Waals surface area contributed by atoms with E-state index in [1.54, 1.807) is 60.7 Å². The minimum absolute atomic E-state index is 0.0235. The van der Waals surface area contributed by atoms with Gasteiger partial charge in [0.15, 0.2) is 5.79 Å². The Morgan fingerprint density at radius 2 is 1.73 bits per heavy atom. The van der Waals surface area contributed by atoms with Gasteiger partial charge < -0.3 is 28.8 Å². The molecule has 2 aliphatic heterocycles. The lowest BCUT2D eigenvalue weighted by molar-refractivity contribution is -0.148. The number of carbonyl (C=O) groups excluding carboxylic acids is 2. The average Bonchev–Trinajstić information content (AvgIpc) is 3.13. The van der Waals surface area contributed by atoms with Crippen LogP contribution in [0.1, 0.15) is 91.6 Å². The van der Waals surface area contributed by atoms with E-state index < -0.39 is 35.3 Å². The fourth-order valence-electron chi connectivity index (χ4n) is 4.68. The van der Waals surface area contributed by atoms with Gasteiger partial charge in [0.25, 0.3) is 0 Å². The second kappa shape index (κ2) is 12.2. The monoisotopic (exact) mass is 573 g/mol. The number of carbonyl (C=O) groups is 2. The summed E-state index contributed by atoms with van der Waals surface area (Å²) in [5, 5.41) is 9.84. The highest BCUT2D eigenvalue weighted by atomic mass is 16.8. The number of aliphatic hydroxyl groups is 1. The first-order chi connectivity index (χ1) is 18.8. The number of rotatable bonds is 8. The summed E-state index contributed by atoms with van der Waals surface area (Å²) >= 11 is 0. The minimum atomic E-state index is -1.16. The van der Waals surface area contributed by atoms with Crippen molar-refractivity contribution >= 4 is 23.8 Å². The first-order valence-corrected chi connectivity index (χ1v) is 14.2. The molecule has 1 aromatic carbocycles. The van der Waals surface area contributed by atoms with E-state index in [-0.39, 0.29) is 29.6 Å². The van der Waals surface area contributed by atoms with E-state index in [9.17, 15) is 14.7 Å². The summed E-state index contributed by atoms with van der Waals surface area (Å²) in [5.74, 6) is -2.02. The van der Waals surface area contributed by atoms with Crippen molar-refractivity contribution in [2.75, 3.05) is 11.9 Å².